The molecule has 0 saturated heterocycles. The summed E-state index contributed by atoms with van der Waals surface area (Å²) in [5, 5.41) is 0.833. The first-order valence-corrected chi connectivity index (χ1v) is 6.31. The van der Waals surface area contributed by atoms with E-state index < -0.39 is 5.97 Å². The monoisotopic (exact) mass is 311 g/mol. The Balaban J connectivity index is 2.65. The van der Waals surface area contributed by atoms with Crippen molar-refractivity contribution < 1.29 is 9.53 Å². The first-order chi connectivity index (χ1) is 8.13. The number of nitrogens with one attached hydrogen (secondary N) is 1. The van der Waals surface area contributed by atoms with Gasteiger partial charge in [0.2, 0.25) is 0 Å². The summed E-state index contributed by atoms with van der Waals surface area (Å²) in [5.74, 6) is -0.393. The van der Waals surface area contributed by atoms with E-state index in [0.29, 0.717) is 16.7 Å². The molecule has 0 saturated carbocycles. The van der Waals surface area contributed by atoms with Crippen LogP contribution in [0.2, 0.25) is 0 Å². The number of fused-ring (bicyclic) bond motifs is 1. The summed E-state index contributed by atoms with van der Waals surface area (Å²) in [7, 11) is 0. The van der Waals surface area contributed by atoms with Gasteiger partial charge in [-0.15, -0.1) is 0 Å². The molecule has 0 aliphatic heterocycles. The lowest BCUT2D eigenvalue weighted by molar-refractivity contribution is 0.0525. The number of benzene rings is 1. The minimum Gasteiger partial charge on any atom is -0.462 e. The molecule has 0 bridgehead atoms. The van der Waals surface area contributed by atoms with E-state index in [-0.39, 0.29) is 0 Å². The number of pyridine rings is 1. The summed E-state index contributed by atoms with van der Waals surface area (Å²) in [6, 6.07) is 5.71. The van der Waals surface area contributed by atoms with Gasteiger partial charge in [-0.3, -0.25) is 0 Å². The first-order valence-electron chi connectivity index (χ1n) is 5.11. The van der Waals surface area contributed by atoms with Gasteiger partial charge in [-0.05, 0) is 25.1 Å². The standard InChI is InChI=1S/C12H10BrNO2S/c1-2-16-12(15)9-6-14-10-4-3-7(13)5-8(10)11(9)17/h3-6H,2H2,1H3,(H,14,17). The van der Waals surface area contributed by atoms with Crippen LogP contribution in [0.4, 0.5) is 0 Å². The second kappa shape index (κ2) is 4.98. The van der Waals surface area contributed by atoms with Gasteiger partial charge in [0.05, 0.1) is 16.7 Å². The number of hydrogen-bond donors (Lipinski definition) is 1. The lowest BCUT2D eigenvalue weighted by Gasteiger charge is -2.05. The molecule has 0 aliphatic carbocycles. The number of rotatable bonds is 2. The van der Waals surface area contributed by atoms with E-state index in [4.69, 9.17) is 17.0 Å². The van der Waals surface area contributed by atoms with E-state index in [2.05, 4.69) is 20.9 Å². The predicted octanol–water partition coefficient (Wildman–Crippen LogP) is 3.84. The molecule has 17 heavy (non-hydrogen) atoms. The highest BCUT2D eigenvalue weighted by Crippen LogP contribution is 2.21. The van der Waals surface area contributed by atoms with Crippen LogP contribution in [-0.2, 0) is 4.74 Å². The third-order valence-electron chi connectivity index (χ3n) is 2.34. The minimum absolute atomic E-state index is 0.337. The van der Waals surface area contributed by atoms with E-state index in [1.807, 2.05) is 18.2 Å². The van der Waals surface area contributed by atoms with E-state index in [1.165, 1.54) is 0 Å². The maximum Gasteiger partial charge on any atom is 0.341 e. The molecule has 0 aliphatic rings. The van der Waals surface area contributed by atoms with Crippen molar-refractivity contribution in [2.45, 2.75) is 6.92 Å². The smallest absolute Gasteiger partial charge is 0.341 e. The number of aromatic nitrogens is 1. The largest absolute Gasteiger partial charge is 0.462 e. The molecule has 1 N–H and O–H groups in total. The molecule has 1 heterocycles. The summed E-state index contributed by atoms with van der Waals surface area (Å²) < 4.78 is 6.38. The third kappa shape index (κ3) is 2.40. The van der Waals surface area contributed by atoms with Crippen molar-refractivity contribution in [1.29, 1.82) is 0 Å². The van der Waals surface area contributed by atoms with Gasteiger partial charge < -0.3 is 9.72 Å². The first kappa shape index (κ1) is 12.3. The normalized spacial score (nSPS) is 10.5. The van der Waals surface area contributed by atoms with Crippen LogP contribution in [0.25, 0.3) is 10.9 Å². The van der Waals surface area contributed by atoms with Gasteiger partial charge in [-0.1, -0.05) is 28.1 Å². The number of hydrogen-bond acceptors (Lipinski definition) is 3. The van der Waals surface area contributed by atoms with Crippen LogP contribution in [0.5, 0.6) is 0 Å². The van der Waals surface area contributed by atoms with E-state index in [0.717, 1.165) is 15.4 Å². The quantitative estimate of drug-likeness (QED) is 0.677. The Labute approximate surface area is 112 Å². The van der Waals surface area contributed by atoms with E-state index >= 15 is 0 Å². The number of carbonyl (C=O) groups excluding carboxylic acids is 1. The van der Waals surface area contributed by atoms with Crippen molar-refractivity contribution in [3.8, 4) is 0 Å². The minimum atomic E-state index is -0.393. The zero-order chi connectivity index (χ0) is 12.4. The molecule has 0 fully saturated rings. The Morgan fingerprint density at radius 1 is 1.53 bits per heavy atom. The number of esters is 1. The Hall–Kier alpha value is -1.20. The van der Waals surface area contributed by atoms with Crippen molar-refractivity contribution >= 4 is 45.0 Å². The molecule has 3 nitrogen and oxygen atoms in total. The van der Waals surface area contributed by atoms with Gasteiger partial charge in [0, 0.05) is 21.6 Å². The third-order valence-corrected chi connectivity index (χ3v) is 3.27. The fourth-order valence-corrected chi connectivity index (χ4v) is 2.22. The SMILES string of the molecule is CCOC(=O)c1c[nH]c2ccc(Br)cc2c1=S. The number of ether oxygens (including phenoxy) is 1. The summed E-state index contributed by atoms with van der Waals surface area (Å²) >= 11 is 8.68. The second-order valence-corrected chi connectivity index (χ2v) is 4.77. The molecule has 0 spiro atoms. The molecule has 1 aromatic heterocycles. The van der Waals surface area contributed by atoms with Crippen molar-refractivity contribution in [2.75, 3.05) is 6.61 Å². The second-order valence-electron chi connectivity index (χ2n) is 3.44. The number of aromatic amines is 1. The van der Waals surface area contributed by atoms with Gasteiger partial charge >= 0.3 is 5.97 Å². The van der Waals surface area contributed by atoms with Crippen LogP contribution in [0.15, 0.2) is 28.9 Å². The van der Waals surface area contributed by atoms with Crippen molar-refractivity contribution in [1.82, 2.24) is 4.98 Å². The Kier molecular flexibility index (Phi) is 3.59. The number of H-pyrrole nitrogens is 1. The van der Waals surface area contributed by atoms with Crippen LogP contribution < -0.4 is 0 Å². The van der Waals surface area contributed by atoms with Gasteiger partial charge in [0.25, 0.3) is 0 Å². The average molecular weight is 312 g/mol. The van der Waals surface area contributed by atoms with Gasteiger partial charge in [0.1, 0.15) is 0 Å². The molecule has 0 unspecified atom stereocenters. The molecular formula is C12H10BrNO2S. The molecule has 1 aromatic carbocycles. The molecule has 0 radical (unpaired) electrons. The molecule has 2 rings (SSSR count). The molecule has 0 amide bonds. The molecular weight excluding hydrogens is 302 g/mol. The Bertz CT molecular complexity index is 636. The van der Waals surface area contributed by atoms with Crippen LogP contribution in [0.3, 0.4) is 0 Å². The van der Waals surface area contributed by atoms with Gasteiger partial charge in [0.15, 0.2) is 0 Å². The maximum atomic E-state index is 11.7. The van der Waals surface area contributed by atoms with Crippen LogP contribution >= 0.6 is 28.1 Å². The lowest BCUT2D eigenvalue weighted by atomic mass is 10.1. The van der Waals surface area contributed by atoms with Crippen molar-refractivity contribution in [3.63, 3.8) is 0 Å². The van der Waals surface area contributed by atoms with Gasteiger partial charge in [-0.2, -0.15) is 0 Å². The zero-order valence-corrected chi connectivity index (χ0v) is 11.5. The van der Waals surface area contributed by atoms with Crippen molar-refractivity contribution in [3.05, 3.63) is 38.9 Å². The Morgan fingerprint density at radius 3 is 3.00 bits per heavy atom. The summed E-state index contributed by atoms with van der Waals surface area (Å²) in [4.78, 5) is 14.7. The summed E-state index contributed by atoms with van der Waals surface area (Å²) in [6.07, 6.45) is 1.59. The van der Waals surface area contributed by atoms with E-state index in [1.54, 1.807) is 13.1 Å². The highest BCUT2D eigenvalue weighted by molar-refractivity contribution is 9.10. The average Bonchev–Trinajstić information content (AvgIpc) is 2.30. The molecule has 2 aromatic rings. The number of carbonyl (C=O) groups is 1. The fraction of sp³-hybridized carbons (Fsp3) is 0.167. The van der Waals surface area contributed by atoms with Crippen LogP contribution in [-0.4, -0.2) is 17.6 Å². The van der Waals surface area contributed by atoms with E-state index in [9.17, 15) is 4.79 Å². The highest BCUT2D eigenvalue weighted by atomic mass is 79.9. The highest BCUT2D eigenvalue weighted by Gasteiger charge is 2.11. The number of halogens is 1. The summed E-state index contributed by atoms with van der Waals surface area (Å²) in [6.45, 7) is 2.10. The molecule has 0 atom stereocenters. The summed E-state index contributed by atoms with van der Waals surface area (Å²) in [5.41, 5.74) is 1.29. The van der Waals surface area contributed by atoms with Crippen molar-refractivity contribution in [2.24, 2.45) is 0 Å². The predicted molar refractivity (Wildman–Crippen MR) is 72.8 cm³/mol. The van der Waals surface area contributed by atoms with Crippen LogP contribution in [0, 0.1) is 4.51 Å². The van der Waals surface area contributed by atoms with Crippen LogP contribution in [0.1, 0.15) is 17.3 Å². The topological polar surface area (TPSA) is 42.1 Å². The molecule has 88 valence electrons. The fourth-order valence-electron chi connectivity index (χ4n) is 1.55. The molecule has 5 heteroatoms. The lowest BCUT2D eigenvalue weighted by Crippen LogP contribution is -2.06. The zero-order valence-electron chi connectivity index (χ0n) is 9.12. The maximum absolute atomic E-state index is 11.7. The van der Waals surface area contributed by atoms with Gasteiger partial charge in [-0.25, -0.2) is 4.79 Å². The Morgan fingerprint density at radius 2 is 2.29 bits per heavy atom.